The minimum absolute atomic E-state index is 0.460. The summed E-state index contributed by atoms with van der Waals surface area (Å²) in [6, 6.07) is 6.61. The van der Waals surface area contributed by atoms with Crippen LogP contribution in [0.2, 0.25) is 0 Å². The summed E-state index contributed by atoms with van der Waals surface area (Å²) in [4.78, 5) is 0. The molecule has 0 saturated heterocycles. The summed E-state index contributed by atoms with van der Waals surface area (Å²) in [7, 11) is 2.37. The molecule has 0 bridgehead atoms. The van der Waals surface area contributed by atoms with Crippen LogP contribution in [0.25, 0.3) is 0 Å². The van der Waals surface area contributed by atoms with E-state index in [0.717, 1.165) is 24.9 Å². The third-order valence-electron chi connectivity index (χ3n) is 3.37. The van der Waals surface area contributed by atoms with E-state index < -0.39 is 0 Å². The minimum Gasteiger partial charge on any atom is -0.394 e. The lowest BCUT2D eigenvalue weighted by Gasteiger charge is -2.27. The van der Waals surface area contributed by atoms with Gasteiger partial charge in [-0.05, 0) is 42.4 Å². The van der Waals surface area contributed by atoms with E-state index in [9.17, 15) is 0 Å². The van der Waals surface area contributed by atoms with E-state index in [-0.39, 0.29) is 0 Å². The molecular weight excluding hydrogens is 193 g/mol. The van der Waals surface area contributed by atoms with Crippen molar-refractivity contribution >= 4 is 7.28 Å². The molecule has 0 amide bonds. The van der Waals surface area contributed by atoms with Crippen molar-refractivity contribution in [3.8, 4) is 0 Å². The van der Waals surface area contributed by atoms with Gasteiger partial charge in [0.1, 0.15) is 7.28 Å². The fourth-order valence-corrected chi connectivity index (χ4v) is 2.30. The fourth-order valence-electron chi connectivity index (χ4n) is 2.30. The van der Waals surface area contributed by atoms with Crippen LogP contribution in [0.3, 0.4) is 0 Å². The van der Waals surface area contributed by atoms with Gasteiger partial charge in [0.2, 0.25) is 0 Å². The van der Waals surface area contributed by atoms with Crippen molar-refractivity contribution in [1.82, 2.24) is 5.32 Å². The summed E-state index contributed by atoms with van der Waals surface area (Å²) in [5.74, 6) is 0.460. The predicted molar refractivity (Wildman–Crippen MR) is 70.7 cm³/mol. The molecule has 1 heterocycles. The van der Waals surface area contributed by atoms with Crippen molar-refractivity contribution in [2.75, 3.05) is 0 Å². The number of fused-ring (bicyclic) bond motifs is 1. The van der Waals surface area contributed by atoms with Crippen LogP contribution in [0.15, 0.2) is 30.5 Å². The molecule has 0 spiro atoms. The third kappa shape index (κ3) is 2.32. The number of benzene rings is 1. The maximum atomic E-state index is 4.01. The van der Waals surface area contributed by atoms with E-state index in [0.29, 0.717) is 5.94 Å². The van der Waals surface area contributed by atoms with Crippen LogP contribution in [0.1, 0.15) is 30.0 Å². The minimum atomic E-state index is 0.460. The van der Waals surface area contributed by atoms with Crippen LogP contribution in [0.4, 0.5) is 0 Å². The van der Waals surface area contributed by atoms with Crippen molar-refractivity contribution in [3.05, 3.63) is 47.2 Å². The summed E-state index contributed by atoms with van der Waals surface area (Å²) >= 11 is 0. The second kappa shape index (κ2) is 4.77. The standard InChI is InChI=1S/C14H19BN/c1-4-11(3)16-14-8-12-7-5-6-10(2)13(12)9-15-14/h5-7,14,16H,3-4,8-9H2,1-2H3. The Morgan fingerprint density at radius 1 is 1.56 bits per heavy atom. The van der Waals surface area contributed by atoms with Gasteiger partial charge in [-0.2, -0.15) is 0 Å². The largest absolute Gasteiger partial charge is 0.394 e. The Hall–Kier alpha value is -1.18. The zero-order chi connectivity index (χ0) is 11.5. The molecule has 1 atom stereocenters. The maximum absolute atomic E-state index is 4.01. The zero-order valence-corrected chi connectivity index (χ0v) is 10.2. The molecule has 1 aromatic carbocycles. The number of allylic oxidation sites excluding steroid dienone is 1. The highest BCUT2D eigenvalue weighted by Crippen LogP contribution is 2.21. The predicted octanol–water partition coefficient (Wildman–Crippen LogP) is 2.59. The van der Waals surface area contributed by atoms with Crippen LogP contribution < -0.4 is 5.32 Å². The van der Waals surface area contributed by atoms with E-state index in [1.165, 1.54) is 16.7 Å². The van der Waals surface area contributed by atoms with E-state index in [2.05, 4.69) is 51.2 Å². The molecule has 2 rings (SSSR count). The first-order chi connectivity index (χ1) is 7.70. The smallest absolute Gasteiger partial charge is 0.146 e. The average Bonchev–Trinajstić information content (AvgIpc) is 2.29. The zero-order valence-electron chi connectivity index (χ0n) is 10.2. The van der Waals surface area contributed by atoms with Crippen LogP contribution in [0, 0.1) is 6.92 Å². The van der Waals surface area contributed by atoms with Crippen molar-refractivity contribution in [3.63, 3.8) is 0 Å². The first-order valence-electron chi connectivity index (χ1n) is 6.05. The molecule has 0 aromatic heterocycles. The molecule has 1 aromatic rings. The van der Waals surface area contributed by atoms with Crippen molar-refractivity contribution < 1.29 is 0 Å². The van der Waals surface area contributed by atoms with Gasteiger partial charge in [-0.1, -0.05) is 38.0 Å². The van der Waals surface area contributed by atoms with E-state index in [4.69, 9.17) is 0 Å². The quantitative estimate of drug-likeness (QED) is 0.759. The van der Waals surface area contributed by atoms with Gasteiger partial charge in [-0.25, -0.2) is 0 Å². The topological polar surface area (TPSA) is 12.0 Å². The highest BCUT2D eigenvalue weighted by molar-refractivity contribution is 6.38. The number of hydrogen-bond acceptors (Lipinski definition) is 1. The van der Waals surface area contributed by atoms with Gasteiger partial charge in [0.05, 0.1) is 0 Å². The molecule has 0 aliphatic carbocycles. The lowest BCUT2D eigenvalue weighted by Crippen LogP contribution is -2.40. The van der Waals surface area contributed by atoms with Crippen molar-refractivity contribution in [1.29, 1.82) is 0 Å². The normalized spacial score (nSPS) is 18.5. The van der Waals surface area contributed by atoms with E-state index in [1.54, 1.807) is 0 Å². The summed E-state index contributed by atoms with van der Waals surface area (Å²) in [6.45, 7) is 8.34. The van der Waals surface area contributed by atoms with Gasteiger partial charge >= 0.3 is 0 Å². The summed E-state index contributed by atoms with van der Waals surface area (Å²) in [5, 5.41) is 3.48. The second-order valence-corrected chi connectivity index (χ2v) is 4.56. The third-order valence-corrected chi connectivity index (χ3v) is 3.37. The average molecular weight is 212 g/mol. The van der Waals surface area contributed by atoms with Gasteiger partial charge < -0.3 is 5.32 Å². The second-order valence-electron chi connectivity index (χ2n) is 4.56. The van der Waals surface area contributed by atoms with Crippen molar-refractivity contribution in [2.45, 2.75) is 39.0 Å². The Labute approximate surface area is 99.2 Å². The van der Waals surface area contributed by atoms with Gasteiger partial charge in [0, 0.05) is 5.70 Å². The molecule has 0 fully saturated rings. The molecule has 1 aliphatic heterocycles. The summed E-state index contributed by atoms with van der Waals surface area (Å²) in [6.07, 6.45) is 3.18. The highest BCUT2D eigenvalue weighted by Gasteiger charge is 2.20. The number of aryl methyl sites for hydroxylation is 1. The van der Waals surface area contributed by atoms with E-state index in [1.807, 2.05) is 0 Å². The molecule has 83 valence electrons. The highest BCUT2D eigenvalue weighted by atomic mass is 14.9. The van der Waals surface area contributed by atoms with Crippen LogP contribution in [0.5, 0.6) is 0 Å². The molecule has 16 heavy (non-hydrogen) atoms. The van der Waals surface area contributed by atoms with Gasteiger partial charge in [-0.3, -0.25) is 0 Å². The molecule has 1 radical (unpaired) electrons. The van der Waals surface area contributed by atoms with Crippen LogP contribution in [-0.2, 0) is 12.7 Å². The SMILES string of the molecule is C=C(CC)NC1[B]Cc2c(C)cccc2C1. The number of rotatable bonds is 3. The molecular formula is C14H19BN. The fraction of sp³-hybridized carbons (Fsp3) is 0.429. The van der Waals surface area contributed by atoms with Crippen LogP contribution in [-0.4, -0.2) is 13.2 Å². The Morgan fingerprint density at radius 2 is 2.38 bits per heavy atom. The Morgan fingerprint density at radius 3 is 3.12 bits per heavy atom. The van der Waals surface area contributed by atoms with Crippen LogP contribution >= 0.6 is 0 Å². The van der Waals surface area contributed by atoms with Gasteiger partial charge in [0.15, 0.2) is 0 Å². The molecule has 1 unspecified atom stereocenters. The van der Waals surface area contributed by atoms with E-state index >= 15 is 0 Å². The number of hydrogen-bond donors (Lipinski definition) is 1. The lowest BCUT2D eigenvalue weighted by molar-refractivity contribution is 0.681. The molecule has 1 nitrogen and oxygen atoms in total. The van der Waals surface area contributed by atoms with Gasteiger partial charge in [0.25, 0.3) is 0 Å². The maximum Gasteiger partial charge on any atom is 0.146 e. The molecule has 2 heteroatoms. The summed E-state index contributed by atoms with van der Waals surface area (Å²) in [5.41, 5.74) is 5.56. The summed E-state index contributed by atoms with van der Waals surface area (Å²) < 4.78 is 0. The molecule has 1 aliphatic rings. The Kier molecular flexibility index (Phi) is 3.38. The Bertz CT molecular complexity index is 398. The number of nitrogens with one attached hydrogen (secondary N) is 1. The Balaban J connectivity index is 2.09. The van der Waals surface area contributed by atoms with Gasteiger partial charge in [-0.15, -0.1) is 0 Å². The first-order valence-corrected chi connectivity index (χ1v) is 6.05. The molecule has 1 N–H and O–H groups in total. The first kappa shape index (κ1) is 11.3. The van der Waals surface area contributed by atoms with Crippen molar-refractivity contribution in [2.24, 2.45) is 0 Å². The molecule has 0 saturated carbocycles. The monoisotopic (exact) mass is 212 g/mol. The lowest BCUT2D eigenvalue weighted by atomic mass is 9.57.